The third-order valence-electron chi connectivity index (χ3n) is 3.85. The van der Waals surface area contributed by atoms with Gasteiger partial charge in [0.2, 0.25) is 0 Å². The van der Waals surface area contributed by atoms with E-state index in [0.29, 0.717) is 22.9 Å². The van der Waals surface area contributed by atoms with Gasteiger partial charge < -0.3 is 25.8 Å². The van der Waals surface area contributed by atoms with Crippen molar-refractivity contribution in [3.63, 3.8) is 0 Å². The second kappa shape index (κ2) is 8.45. The number of carbonyl (C=O) groups excluding carboxylic acids is 2. The summed E-state index contributed by atoms with van der Waals surface area (Å²) in [5, 5.41) is 17.5. The third kappa shape index (κ3) is 5.14. The van der Waals surface area contributed by atoms with Crippen LogP contribution in [0.1, 0.15) is 23.3 Å². The molecule has 0 atom stereocenters. The number of hydrogen-bond donors (Lipinski definition) is 4. The molecular formula is C18H21N5O4. The quantitative estimate of drug-likeness (QED) is 0.545. The summed E-state index contributed by atoms with van der Waals surface area (Å²) in [4.78, 5) is 32.2. The lowest BCUT2D eigenvalue weighted by atomic mass is 10.2. The van der Waals surface area contributed by atoms with E-state index >= 15 is 0 Å². The average Bonchev–Trinajstić information content (AvgIpc) is 3.49. The lowest BCUT2D eigenvalue weighted by molar-refractivity contribution is 0.0594. The molecule has 142 valence electrons. The fourth-order valence-electron chi connectivity index (χ4n) is 2.34. The van der Waals surface area contributed by atoms with Crippen LogP contribution in [0.5, 0.6) is 0 Å². The molecule has 1 aliphatic carbocycles. The van der Waals surface area contributed by atoms with Gasteiger partial charge in [-0.3, -0.25) is 0 Å². The Labute approximate surface area is 156 Å². The number of methoxy groups -OCH3 is 1. The van der Waals surface area contributed by atoms with Crippen molar-refractivity contribution in [3.8, 4) is 11.4 Å². The molecular weight excluding hydrogens is 350 g/mol. The molecule has 1 heterocycles. The Morgan fingerprint density at radius 3 is 2.59 bits per heavy atom. The predicted molar refractivity (Wildman–Crippen MR) is 99.6 cm³/mol. The van der Waals surface area contributed by atoms with E-state index < -0.39 is 5.97 Å². The van der Waals surface area contributed by atoms with Crippen LogP contribution in [-0.4, -0.2) is 53.4 Å². The molecule has 1 fully saturated rings. The molecule has 1 aromatic heterocycles. The van der Waals surface area contributed by atoms with E-state index in [4.69, 9.17) is 9.84 Å². The van der Waals surface area contributed by atoms with Crippen LogP contribution in [0.2, 0.25) is 0 Å². The first-order valence-corrected chi connectivity index (χ1v) is 8.59. The standard InChI is InChI=1S/C18H21N5O4/c1-27-17(25)14-10-15(19-8-9-24)23-16(22-14)11-2-4-12(5-3-11)20-18(26)21-13-6-7-13/h2-5,10,13,24H,6-9H2,1H3,(H,19,22,23)(H2,20,21,26). The van der Waals surface area contributed by atoms with Crippen LogP contribution in [0.15, 0.2) is 30.3 Å². The monoisotopic (exact) mass is 371 g/mol. The molecule has 27 heavy (non-hydrogen) atoms. The Morgan fingerprint density at radius 1 is 1.22 bits per heavy atom. The molecule has 4 N–H and O–H groups in total. The summed E-state index contributed by atoms with van der Waals surface area (Å²) < 4.78 is 4.73. The smallest absolute Gasteiger partial charge is 0.356 e. The largest absolute Gasteiger partial charge is 0.464 e. The summed E-state index contributed by atoms with van der Waals surface area (Å²) in [6.07, 6.45) is 2.04. The number of rotatable bonds is 7. The molecule has 9 nitrogen and oxygen atoms in total. The number of aromatic nitrogens is 2. The molecule has 0 unspecified atom stereocenters. The van der Waals surface area contributed by atoms with Crippen LogP contribution >= 0.6 is 0 Å². The molecule has 0 spiro atoms. The van der Waals surface area contributed by atoms with Crippen molar-refractivity contribution >= 4 is 23.5 Å². The number of benzene rings is 1. The van der Waals surface area contributed by atoms with Gasteiger partial charge >= 0.3 is 12.0 Å². The summed E-state index contributed by atoms with van der Waals surface area (Å²) >= 11 is 0. The van der Waals surface area contributed by atoms with Gasteiger partial charge in [0, 0.05) is 29.9 Å². The van der Waals surface area contributed by atoms with Gasteiger partial charge in [-0.2, -0.15) is 0 Å². The van der Waals surface area contributed by atoms with Crippen LogP contribution in [-0.2, 0) is 4.74 Å². The van der Waals surface area contributed by atoms with Crippen LogP contribution in [0.3, 0.4) is 0 Å². The van der Waals surface area contributed by atoms with Crippen LogP contribution < -0.4 is 16.0 Å². The Bertz CT molecular complexity index is 821. The Morgan fingerprint density at radius 2 is 1.96 bits per heavy atom. The number of urea groups is 1. The van der Waals surface area contributed by atoms with Crippen molar-refractivity contribution in [2.75, 3.05) is 30.9 Å². The summed E-state index contributed by atoms with van der Waals surface area (Å²) in [5.41, 5.74) is 1.41. The number of nitrogens with one attached hydrogen (secondary N) is 3. The number of nitrogens with zero attached hydrogens (tertiary/aromatic N) is 2. The molecule has 0 saturated heterocycles. The van der Waals surface area contributed by atoms with Gasteiger partial charge in [0.1, 0.15) is 5.82 Å². The summed E-state index contributed by atoms with van der Waals surface area (Å²) in [5.74, 6) is 0.147. The minimum atomic E-state index is -0.583. The summed E-state index contributed by atoms with van der Waals surface area (Å²) in [6.45, 7) is 0.214. The molecule has 0 aliphatic heterocycles. The predicted octanol–water partition coefficient (Wildman–Crippen LogP) is 1.62. The maximum absolute atomic E-state index is 11.8. The second-order valence-electron chi connectivity index (χ2n) is 6.05. The number of carbonyl (C=O) groups is 2. The zero-order valence-corrected chi connectivity index (χ0v) is 14.9. The normalized spacial score (nSPS) is 13.0. The maximum Gasteiger partial charge on any atom is 0.356 e. The molecule has 1 aliphatic rings. The first-order valence-electron chi connectivity index (χ1n) is 8.59. The Balaban J connectivity index is 1.78. The van der Waals surface area contributed by atoms with Crippen molar-refractivity contribution in [2.24, 2.45) is 0 Å². The van der Waals surface area contributed by atoms with E-state index in [1.165, 1.54) is 13.2 Å². The van der Waals surface area contributed by atoms with Gasteiger partial charge in [-0.05, 0) is 37.1 Å². The minimum absolute atomic E-state index is 0.0732. The van der Waals surface area contributed by atoms with Crippen molar-refractivity contribution in [1.29, 1.82) is 0 Å². The highest BCUT2D eigenvalue weighted by molar-refractivity contribution is 5.90. The summed E-state index contributed by atoms with van der Waals surface area (Å²) in [6, 6.07) is 8.47. The van der Waals surface area contributed by atoms with Crippen LogP contribution in [0.4, 0.5) is 16.3 Å². The van der Waals surface area contributed by atoms with Crippen molar-refractivity contribution in [1.82, 2.24) is 15.3 Å². The average molecular weight is 371 g/mol. The number of anilines is 2. The zero-order valence-electron chi connectivity index (χ0n) is 14.9. The number of esters is 1. The van der Waals surface area contributed by atoms with Crippen LogP contribution in [0.25, 0.3) is 11.4 Å². The minimum Gasteiger partial charge on any atom is -0.464 e. The first kappa shape index (κ1) is 18.6. The van der Waals surface area contributed by atoms with Gasteiger partial charge in [-0.15, -0.1) is 0 Å². The van der Waals surface area contributed by atoms with E-state index in [0.717, 1.165) is 12.8 Å². The number of aliphatic hydroxyl groups excluding tert-OH is 1. The zero-order chi connectivity index (χ0) is 19.2. The second-order valence-corrected chi connectivity index (χ2v) is 6.05. The molecule has 2 aromatic rings. The fraction of sp³-hybridized carbons (Fsp3) is 0.333. The highest BCUT2D eigenvalue weighted by Gasteiger charge is 2.23. The third-order valence-corrected chi connectivity index (χ3v) is 3.85. The first-order chi connectivity index (χ1) is 13.1. The van der Waals surface area contributed by atoms with Gasteiger partial charge in [-0.25, -0.2) is 19.6 Å². The van der Waals surface area contributed by atoms with E-state index in [2.05, 4.69) is 25.9 Å². The molecule has 0 radical (unpaired) electrons. The summed E-state index contributed by atoms with van der Waals surface area (Å²) in [7, 11) is 1.28. The number of aliphatic hydroxyl groups is 1. The number of ether oxygens (including phenoxy) is 1. The molecule has 9 heteroatoms. The van der Waals surface area contributed by atoms with E-state index in [1.807, 2.05) is 0 Å². The topological polar surface area (TPSA) is 125 Å². The lowest BCUT2D eigenvalue weighted by Crippen LogP contribution is -2.30. The van der Waals surface area contributed by atoms with Crippen molar-refractivity contribution in [2.45, 2.75) is 18.9 Å². The number of hydrogen-bond acceptors (Lipinski definition) is 7. The van der Waals surface area contributed by atoms with Gasteiger partial charge in [-0.1, -0.05) is 0 Å². The highest BCUT2D eigenvalue weighted by atomic mass is 16.5. The molecule has 1 saturated carbocycles. The van der Waals surface area contributed by atoms with Crippen LogP contribution in [0, 0.1) is 0 Å². The molecule has 0 bridgehead atoms. The van der Waals surface area contributed by atoms with E-state index in [9.17, 15) is 9.59 Å². The highest BCUT2D eigenvalue weighted by Crippen LogP contribution is 2.22. The molecule has 1 aromatic carbocycles. The van der Waals surface area contributed by atoms with Crippen molar-refractivity contribution in [3.05, 3.63) is 36.0 Å². The van der Waals surface area contributed by atoms with Gasteiger partial charge in [0.15, 0.2) is 11.5 Å². The van der Waals surface area contributed by atoms with Gasteiger partial charge in [0.25, 0.3) is 0 Å². The van der Waals surface area contributed by atoms with E-state index in [-0.39, 0.29) is 30.9 Å². The maximum atomic E-state index is 11.8. The fourth-order valence-corrected chi connectivity index (χ4v) is 2.34. The van der Waals surface area contributed by atoms with Gasteiger partial charge in [0.05, 0.1) is 13.7 Å². The van der Waals surface area contributed by atoms with E-state index in [1.54, 1.807) is 24.3 Å². The molecule has 2 amide bonds. The van der Waals surface area contributed by atoms with Crippen molar-refractivity contribution < 1.29 is 19.4 Å². The lowest BCUT2D eigenvalue weighted by Gasteiger charge is -2.10. The Kier molecular flexibility index (Phi) is 5.82. The number of amides is 2. The molecule has 3 rings (SSSR count). The Hall–Kier alpha value is -3.20. The SMILES string of the molecule is COC(=O)c1cc(NCCO)nc(-c2ccc(NC(=O)NC3CC3)cc2)n1.